The van der Waals surface area contributed by atoms with Gasteiger partial charge < -0.3 is 15.0 Å². The van der Waals surface area contributed by atoms with E-state index < -0.39 is 0 Å². The molecule has 4 nitrogen and oxygen atoms in total. The van der Waals surface area contributed by atoms with Crippen LogP contribution in [0.5, 0.6) is 5.75 Å². The number of likely N-dealkylation sites (tertiary alicyclic amines) is 1. The van der Waals surface area contributed by atoms with Crippen molar-refractivity contribution >= 4 is 16.7 Å². The first-order valence-corrected chi connectivity index (χ1v) is 9.69. The highest BCUT2D eigenvalue weighted by Crippen LogP contribution is 2.27. The Morgan fingerprint density at radius 2 is 1.88 bits per heavy atom. The van der Waals surface area contributed by atoms with Gasteiger partial charge in [0.15, 0.2) is 0 Å². The maximum atomic E-state index is 12.9. The van der Waals surface area contributed by atoms with Crippen LogP contribution in [-0.2, 0) is 4.79 Å². The first kappa shape index (κ1) is 18.7. The van der Waals surface area contributed by atoms with E-state index in [9.17, 15) is 4.79 Å². The number of hydrogen-bond donors (Lipinski definition) is 1. The molecule has 0 aromatic heterocycles. The average molecular weight is 354 g/mol. The van der Waals surface area contributed by atoms with Crippen molar-refractivity contribution < 1.29 is 9.53 Å². The smallest absolute Gasteiger partial charge is 0.229 e. The van der Waals surface area contributed by atoms with E-state index in [2.05, 4.69) is 36.5 Å². The van der Waals surface area contributed by atoms with E-state index in [0.29, 0.717) is 5.92 Å². The number of carbonyl (C=O) groups is 1. The number of ether oxygens (including phenoxy) is 1. The number of piperidine rings is 1. The molecule has 0 radical (unpaired) electrons. The summed E-state index contributed by atoms with van der Waals surface area (Å²) in [6, 6.07) is 12.3. The Labute approximate surface area is 156 Å². The fraction of sp³-hybridized carbons (Fsp3) is 0.500. The van der Waals surface area contributed by atoms with E-state index in [1.807, 2.05) is 24.0 Å². The van der Waals surface area contributed by atoms with E-state index in [-0.39, 0.29) is 11.8 Å². The van der Waals surface area contributed by atoms with E-state index in [1.165, 1.54) is 0 Å². The van der Waals surface area contributed by atoms with Crippen LogP contribution >= 0.6 is 0 Å². The van der Waals surface area contributed by atoms with Crippen LogP contribution in [0.1, 0.15) is 38.2 Å². The summed E-state index contributed by atoms with van der Waals surface area (Å²) in [6.45, 7) is 8.01. The molecule has 0 aliphatic carbocycles. The highest BCUT2D eigenvalue weighted by molar-refractivity contribution is 5.88. The van der Waals surface area contributed by atoms with Gasteiger partial charge in [-0.1, -0.05) is 31.2 Å². The van der Waals surface area contributed by atoms with E-state index in [4.69, 9.17) is 4.74 Å². The first-order valence-electron chi connectivity index (χ1n) is 9.69. The van der Waals surface area contributed by atoms with Gasteiger partial charge in [-0.3, -0.25) is 4.79 Å². The van der Waals surface area contributed by atoms with Gasteiger partial charge in [-0.2, -0.15) is 0 Å². The Hall–Kier alpha value is -2.07. The Balaban J connectivity index is 1.66. The van der Waals surface area contributed by atoms with Crippen LogP contribution in [0.3, 0.4) is 0 Å². The summed E-state index contributed by atoms with van der Waals surface area (Å²) in [5, 5.41) is 5.71. The Morgan fingerprint density at radius 1 is 1.19 bits per heavy atom. The standard InChI is InChI=1S/C22H30N2O2/c1-4-23-15-17-9-11-24(12-10-17)22(25)16(2)18-5-6-20-14-21(26-3)8-7-19(20)13-18/h5-8,13-14,16-17,23H,4,9-12,15H2,1-3H3. The minimum Gasteiger partial charge on any atom is -0.497 e. The summed E-state index contributed by atoms with van der Waals surface area (Å²) in [6.07, 6.45) is 2.20. The van der Waals surface area contributed by atoms with Gasteiger partial charge in [0.25, 0.3) is 0 Å². The monoisotopic (exact) mass is 354 g/mol. The zero-order valence-corrected chi connectivity index (χ0v) is 16.1. The number of fused-ring (bicyclic) bond motifs is 1. The second kappa shape index (κ2) is 8.54. The van der Waals surface area contributed by atoms with Gasteiger partial charge in [0, 0.05) is 13.1 Å². The molecule has 2 aromatic rings. The lowest BCUT2D eigenvalue weighted by Crippen LogP contribution is -2.42. The summed E-state index contributed by atoms with van der Waals surface area (Å²) in [5.74, 6) is 1.70. The number of carbonyl (C=O) groups excluding carboxylic acids is 1. The first-order chi connectivity index (χ1) is 12.6. The second-order valence-corrected chi connectivity index (χ2v) is 7.27. The van der Waals surface area contributed by atoms with Gasteiger partial charge >= 0.3 is 0 Å². The molecule has 1 fully saturated rings. The van der Waals surface area contributed by atoms with E-state index in [0.717, 1.165) is 61.1 Å². The minimum absolute atomic E-state index is 0.105. The lowest BCUT2D eigenvalue weighted by Gasteiger charge is -2.33. The maximum absolute atomic E-state index is 12.9. The quantitative estimate of drug-likeness (QED) is 0.858. The predicted octanol–water partition coefficient (Wildman–Crippen LogP) is 3.80. The molecule has 26 heavy (non-hydrogen) atoms. The summed E-state index contributed by atoms with van der Waals surface area (Å²) in [7, 11) is 1.68. The summed E-state index contributed by atoms with van der Waals surface area (Å²) in [4.78, 5) is 15.0. The highest BCUT2D eigenvalue weighted by Gasteiger charge is 2.26. The van der Waals surface area contributed by atoms with Crippen LogP contribution < -0.4 is 10.1 Å². The maximum Gasteiger partial charge on any atom is 0.229 e. The van der Waals surface area contributed by atoms with Crippen molar-refractivity contribution in [2.75, 3.05) is 33.3 Å². The molecule has 3 rings (SSSR count). The lowest BCUT2D eigenvalue weighted by molar-refractivity contribution is -0.133. The van der Waals surface area contributed by atoms with Gasteiger partial charge in [0.2, 0.25) is 5.91 Å². The molecule has 0 bridgehead atoms. The van der Waals surface area contributed by atoms with Crippen molar-refractivity contribution in [2.45, 2.75) is 32.6 Å². The number of nitrogens with one attached hydrogen (secondary N) is 1. The molecule has 1 N–H and O–H groups in total. The fourth-order valence-electron chi connectivity index (χ4n) is 3.76. The van der Waals surface area contributed by atoms with Crippen molar-refractivity contribution in [3.63, 3.8) is 0 Å². The van der Waals surface area contributed by atoms with Crippen molar-refractivity contribution in [1.82, 2.24) is 10.2 Å². The van der Waals surface area contributed by atoms with Crippen LogP contribution in [0.25, 0.3) is 10.8 Å². The third-order valence-electron chi connectivity index (χ3n) is 5.55. The van der Waals surface area contributed by atoms with Crippen molar-refractivity contribution in [3.8, 4) is 5.75 Å². The molecule has 1 atom stereocenters. The second-order valence-electron chi connectivity index (χ2n) is 7.27. The molecule has 1 heterocycles. The molecule has 1 aliphatic rings. The van der Waals surface area contributed by atoms with E-state index >= 15 is 0 Å². The summed E-state index contributed by atoms with van der Waals surface area (Å²) >= 11 is 0. The molecule has 1 amide bonds. The molecule has 2 aromatic carbocycles. The molecule has 1 saturated heterocycles. The Morgan fingerprint density at radius 3 is 2.58 bits per heavy atom. The number of amides is 1. The summed E-state index contributed by atoms with van der Waals surface area (Å²) in [5.41, 5.74) is 1.09. The molecule has 1 aliphatic heterocycles. The molecule has 1 unspecified atom stereocenters. The number of methoxy groups -OCH3 is 1. The Bertz CT molecular complexity index is 751. The zero-order chi connectivity index (χ0) is 18.5. The number of nitrogens with zero attached hydrogens (tertiary/aromatic N) is 1. The topological polar surface area (TPSA) is 41.6 Å². The van der Waals surface area contributed by atoms with Crippen LogP contribution in [0.15, 0.2) is 36.4 Å². The molecule has 0 saturated carbocycles. The van der Waals surface area contributed by atoms with Gasteiger partial charge in [0.1, 0.15) is 5.75 Å². The lowest BCUT2D eigenvalue weighted by atomic mass is 9.93. The highest BCUT2D eigenvalue weighted by atomic mass is 16.5. The predicted molar refractivity (Wildman–Crippen MR) is 107 cm³/mol. The van der Waals surface area contributed by atoms with Gasteiger partial charge in [0.05, 0.1) is 13.0 Å². The molecular weight excluding hydrogens is 324 g/mol. The molecule has 140 valence electrons. The normalized spacial score (nSPS) is 16.7. The van der Waals surface area contributed by atoms with Gasteiger partial charge in [-0.05, 0) is 67.2 Å². The molecule has 4 heteroatoms. The van der Waals surface area contributed by atoms with Crippen LogP contribution in [0.2, 0.25) is 0 Å². The summed E-state index contributed by atoms with van der Waals surface area (Å²) < 4.78 is 5.29. The van der Waals surface area contributed by atoms with Crippen molar-refractivity contribution in [1.29, 1.82) is 0 Å². The van der Waals surface area contributed by atoms with Crippen LogP contribution in [0, 0.1) is 5.92 Å². The SMILES string of the molecule is CCNCC1CCN(C(=O)C(C)c2ccc3cc(OC)ccc3c2)CC1. The number of benzene rings is 2. The zero-order valence-electron chi connectivity index (χ0n) is 16.1. The number of hydrogen-bond acceptors (Lipinski definition) is 3. The molecule has 0 spiro atoms. The average Bonchev–Trinajstić information content (AvgIpc) is 2.70. The molecular formula is C22H30N2O2. The third kappa shape index (κ3) is 4.18. The third-order valence-corrected chi connectivity index (χ3v) is 5.55. The van der Waals surface area contributed by atoms with Crippen LogP contribution in [-0.4, -0.2) is 44.1 Å². The Kier molecular flexibility index (Phi) is 6.15. The van der Waals surface area contributed by atoms with E-state index in [1.54, 1.807) is 7.11 Å². The van der Waals surface area contributed by atoms with Crippen molar-refractivity contribution in [2.24, 2.45) is 5.92 Å². The largest absolute Gasteiger partial charge is 0.497 e. The van der Waals surface area contributed by atoms with Crippen molar-refractivity contribution in [3.05, 3.63) is 42.0 Å². The van der Waals surface area contributed by atoms with Gasteiger partial charge in [-0.15, -0.1) is 0 Å². The van der Waals surface area contributed by atoms with Crippen LogP contribution in [0.4, 0.5) is 0 Å². The fourth-order valence-corrected chi connectivity index (χ4v) is 3.76. The minimum atomic E-state index is -0.105. The number of rotatable bonds is 6. The van der Waals surface area contributed by atoms with Gasteiger partial charge in [-0.25, -0.2) is 0 Å².